The highest BCUT2D eigenvalue weighted by atomic mass is 35.5. The lowest BCUT2D eigenvalue weighted by Crippen LogP contribution is -2.40. The number of carbonyl (C=O) groups excluding carboxylic acids is 1. The molecular weight excluding hydrogens is 272 g/mol. The summed E-state index contributed by atoms with van der Waals surface area (Å²) in [6, 6.07) is 0. The van der Waals surface area contributed by atoms with Gasteiger partial charge >= 0.3 is 0 Å². The van der Waals surface area contributed by atoms with E-state index < -0.39 is 0 Å². The molecule has 0 bridgehead atoms. The maximum atomic E-state index is 12.2. The summed E-state index contributed by atoms with van der Waals surface area (Å²) < 4.78 is 0. The molecule has 0 radical (unpaired) electrons. The third-order valence-corrected chi connectivity index (χ3v) is 4.95. The summed E-state index contributed by atoms with van der Waals surface area (Å²) in [5.74, 6) is 2.01. The quantitative estimate of drug-likeness (QED) is 0.845. The molecule has 1 saturated heterocycles. The first-order chi connectivity index (χ1) is 9.29. The zero-order valence-corrected chi connectivity index (χ0v) is 13.7. The number of hydrogen-bond acceptors (Lipinski definition) is 2. The number of nitrogens with one attached hydrogen (secondary N) is 1. The average Bonchev–Trinajstić information content (AvgIpc) is 2.47. The van der Waals surface area contributed by atoms with E-state index in [4.69, 9.17) is 0 Å². The number of likely N-dealkylation sites (tertiary alicyclic amines) is 1. The predicted molar refractivity (Wildman–Crippen MR) is 86.3 cm³/mol. The van der Waals surface area contributed by atoms with Gasteiger partial charge in [0.1, 0.15) is 0 Å². The molecule has 0 unspecified atom stereocenters. The summed E-state index contributed by atoms with van der Waals surface area (Å²) in [6.45, 7) is 3.07. The normalized spacial score (nSPS) is 21.6. The number of piperidine rings is 1. The van der Waals surface area contributed by atoms with Crippen LogP contribution < -0.4 is 5.32 Å². The lowest BCUT2D eigenvalue weighted by molar-refractivity contribution is -0.132. The Morgan fingerprint density at radius 2 is 1.70 bits per heavy atom. The highest BCUT2D eigenvalue weighted by Crippen LogP contribution is 2.27. The van der Waals surface area contributed by atoms with Crippen molar-refractivity contribution in [2.45, 2.75) is 57.8 Å². The van der Waals surface area contributed by atoms with Crippen molar-refractivity contribution in [1.82, 2.24) is 10.2 Å². The zero-order chi connectivity index (χ0) is 13.5. The molecular formula is C16H31ClN2O. The van der Waals surface area contributed by atoms with Crippen LogP contribution in [0.1, 0.15) is 57.8 Å². The van der Waals surface area contributed by atoms with E-state index in [1.165, 1.54) is 44.9 Å². The van der Waals surface area contributed by atoms with Crippen LogP contribution in [0.15, 0.2) is 0 Å². The van der Waals surface area contributed by atoms with Gasteiger partial charge in [0, 0.05) is 19.5 Å². The van der Waals surface area contributed by atoms with Crippen molar-refractivity contribution in [3.05, 3.63) is 0 Å². The van der Waals surface area contributed by atoms with E-state index in [0.29, 0.717) is 5.91 Å². The van der Waals surface area contributed by atoms with Crippen molar-refractivity contribution in [2.24, 2.45) is 11.8 Å². The van der Waals surface area contributed by atoms with Crippen LogP contribution in [0.4, 0.5) is 0 Å². The second kappa shape index (κ2) is 9.62. The van der Waals surface area contributed by atoms with Crippen LogP contribution in [0.2, 0.25) is 0 Å². The van der Waals surface area contributed by atoms with Gasteiger partial charge in [-0.25, -0.2) is 0 Å². The smallest absolute Gasteiger partial charge is 0.222 e. The Morgan fingerprint density at radius 3 is 2.30 bits per heavy atom. The third-order valence-electron chi connectivity index (χ3n) is 4.95. The van der Waals surface area contributed by atoms with E-state index in [1.807, 2.05) is 7.05 Å². The highest BCUT2D eigenvalue weighted by Gasteiger charge is 2.23. The fourth-order valence-electron chi connectivity index (χ4n) is 3.64. The summed E-state index contributed by atoms with van der Waals surface area (Å²) in [7, 11) is 2.02. The molecule has 1 saturated carbocycles. The highest BCUT2D eigenvalue weighted by molar-refractivity contribution is 5.85. The van der Waals surface area contributed by atoms with Gasteiger partial charge in [0.2, 0.25) is 5.91 Å². The Balaban J connectivity index is 0.00000200. The fourth-order valence-corrected chi connectivity index (χ4v) is 3.64. The molecule has 0 atom stereocenters. The van der Waals surface area contributed by atoms with Crippen LogP contribution in [0.5, 0.6) is 0 Å². The Kier molecular flexibility index (Phi) is 8.55. The molecule has 2 fully saturated rings. The lowest BCUT2D eigenvalue weighted by atomic mass is 9.86. The van der Waals surface area contributed by atoms with Crippen molar-refractivity contribution in [2.75, 3.05) is 26.7 Å². The summed E-state index contributed by atoms with van der Waals surface area (Å²) in [5, 5.41) is 3.25. The molecule has 1 heterocycles. The van der Waals surface area contributed by atoms with E-state index in [9.17, 15) is 4.79 Å². The molecule has 0 aromatic heterocycles. The van der Waals surface area contributed by atoms with Crippen LogP contribution in [0.25, 0.3) is 0 Å². The molecule has 1 aliphatic carbocycles. The molecule has 0 aromatic carbocycles. The maximum absolute atomic E-state index is 12.2. The van der Waals surface area contributed by atoms with Gasteiger partial charge < -0.3 is 10.2 Å². The molecule has 1 N–H and O–H groups in total. The second-order valence-corrected chi connectivity index (χ2v) is 6.42. The summed E-state index contributed by atoms with van der Waals surface area (Å²) >= 11 is 0. The monoisotopic (exact) mass is 302 g/mol. The summed E-state index contributed by atoms with van der Waals surface area (Å²) in [4.78, 5) is 14.3. The topological polar surface area (TPSA) is 32.3 Å². The first kappa shape index (κ1) is 17.8. The first-order valence-corrected chi connectivity index (χ1v) is 8.22. The minimum absolute atomic E-state index is 0. The van der Waals surface area contributed by atoms with Crippen LogP contribution in [-0.4, -0.2) is 37.5 Å². The number of carbonyl (C=O) groups is 1. The first-order valence-electron chi connectivity index (χ1n) is 8.22. The Morgan fingerprint density at radius 1 is 1.05 bits per heavy atom. The van der Waals surface area contributed by atoms with Crippen molar-refractivity contribution >= 4 is 18.3 Å². The van der Waals surface area contributed by atoms with E-state index in [-0.39, 0.29) is 12.4 Å². The van der Waals surface area contributed by atoms with Gasteiger partial charge in [-0.2, -0.15) is 0 Å². The number of hydrogen-bond donors (Lipinski definition) is 1. The summed E-state index contributed by atoms with van der Waals surface area (Å²) in [6.07, 6.45) is 11.2. The van der Waals surface area contributed by atoms with Gasteiger partial charge in [-0.1, -0.05) is 32.1 Å². The van der Waals surface area contributed by atoms with E-state index in [2.05, 4.69) is 10.2 Å². The van der Waals surface area contributed by atoms with Gasteiger partial charge in [0.15, 0.2) is 0 Å². The van der Waals surface area contributed by atoms with Gasteiger partial charge in [-0.3, -0.25) is 4.79 Å². The van der Waals surface area contributed by atoms with Crippen molar-refractivity contribution in [3.63, 3.8) is 0 Å². The van der Waals surface area contributed by atoms with Gasteiger partial charge in [0.05, 0.1) is 0 Å². The molecule has 2 aliphatic rings. The minimum atomic E-state index is 0. The Bertz CT molecular complexity index is 272. The van der Waals surface area contributed by atoms with Crippen LogP contribution in [-0.2, 0) is 4.79 Å². The number of nitrogens with zero attached hydrogens (tertiary/aromatic N) is 1. The van der Waals surface area contributed by atoms with E-state index in [1.54, 1.807) is 0 Å². The molecule has 0 spiro atoms. The molecule has 20 heavy (non-hydrogen) atoms. The largest absolute Gasteiger partial charge is 0.343 e. The Hall–Kier alpha value is -0.280. The molecule has 4 heteroatoms. The number of rotatable bonds is 5. The van der Waals surface area contributed by atoms with Crippen LogP contribution in [0, 0.1) is 11.8 Å². The maximum Gasteiger partial charge on any atom is 0.222 e. The van der Waals surface area contributed by atoms with Crippen LogP contribution >= 0.6 is 12.4 Å². The number of amides is 1. The van der Waals surface area contributed by atoms with Crippen molar-refractivity contribution in [3.8, 4) is 0 Å². The average molecular weight is 303 g/mol. The van der Waals surface area contributed by atoms with Gasteiger partial charge in [-0.15, -0.1) is 12.4 Å². The molecule has 2 rings (SSSR count). The molecule has 1 amide bonds. The standard InChI is InChI=1S/C16H30N2O.ClH/c1-17-13-15-9-11-18(12-10-15)16(19)8-7-14-5-3-2-4-6-14;/h14-15,17H,2-13H2,1H3;1H. The molecule has 0 aromatic rings. The minimum Gasteiger partial charge on any atom is -0.343 e. The van der Waals surface area contributed by atoms with Crippen molar-refractivity contribution < 1.29 is 4.79 Å². The SMILES string of the molecule is CNCC1CCN(C(=O)CCC2CCCCC2)CC1.Cl. The third kappa shape index (κ3) is 5.61. The fraction of sp³-hybridized carbons (Fsp3) is 0.938. The zero-order valence-electron chi connectivity index (χ0n) is 12.9. The van der Waals surface area contributed by atoms with Gasteiger partial charge in [-0.05, 0) is 44.7 Å². The predicted octanol–water partition coefficient (Wildman–Crippen LogP) is 3.23. The molecule has 1 aliphatic heterocycles. The Labute approximate surface area is 130 Å². The van der Waals surface area contributed by atoms with E-state index in [0.717, 1.165) is 44.3 Å². The van der Waals surface area contributed by atoms with Crippen LogP contribution in [0.3, 0.4) is 0 Å². The molecule has 3 nitrogen and oxygen atoms in total. The van der Waals surface area contributed by atoms with E-state index >= 15 is 0 Å². The molecule has 118 valence electrons. The summed E-state index contributed by atoms with van der Waals surface area (Å²) in [5.41, 5.74) is 0. The van der Waals surface area contributed by atoms with Crippen molar-refractivity contribution in [1.29, 1.82) is 0 Å². The lowest BCUT2D eigenvalue weighted by Gasteiger charge is -2.32. The van der Waals surface area contributed by atoms with Gasteiger partial charge in [0.25, 0.3) is 0 Å². The second-order valence-electron chi connectivity index (χ2n) is 6.42. The number of halogens is 1.